The minimum Gasteiger partial charge on any atom is -0.381 e. The standard InChI is InChI=1S/C33H56O2/c1-21(2)23(4)25(34-9)19-22(3)24-13-15-31(8)27-12-11-26-29(5,6)28(35-10)14-16-32(26)20-33(27,32)18-17-30(24,31)7/h21-22,24-28H,4,11-20H2,1-3,5-10H3/t22-,24-,25?,26+,27+,28+,30-,31+,32-,33+/m1/s1. The second-order valence-electron chi connectivity index (χ2n) is 15.4. The lowest BCUT2D eigenvalue weighted by atomic mass is 9.41. The largest absolute Gasteiger partial charge is 0.381 e. The fourth-order valence-corrected chi connectivity index (χ4v) is 12.0. The van der Waals surface area contributed by atoms with E-state index in [4.69, 9.17) is 9.47 Å². The molecule has 10 atom stereocenters. The van der Waals surface area contributed by atoms with Gasteiger partial charge in [-0.1, -0.05) is 55.0 Å². The van der Waals surface area contributed by atoms with E-state index in [1.807, 2.05) is 14.2 Å². The van der Waals surface area contributed by atoms with E-state index < -0.39 is 0 Å². The molecule has 2 spiro atoms. The molecule has 2 nitrogen and oxygen atoms in total. The summed E-state index contributed by atoms with van der Waals surface area (Å²) < 4.78 is 12.0. The highest BCUT2D eigenvalue weighted by molar-refractivity contribution is 5.30. The third-order valence-electron chi connectivity index (χ3n) is 14.1. The van der Waals surface area contributed by atoms with Crippen molar-refractivity contribution in [3.63, 3.8) is 0 Å². The molecule has 0 amide bonds. The zero-order chi connectivity index (χ0) is 25.6. The van der Waals surface area contributed by atoms with Crippen molar-refractivity contribution in [2.24, 2.45) is 56.7 Å². The summed E-state index contributed by atoms with van der Waals surface area (Å²) in [4.78, 5) is 0. The number of ether oxygens (including phenoxy) is 2. The molecular weight excluding hydrogens is 428 g/mol. The van der Waals surface area contributed by atoms with Crippen LogP contribution in [0.4, 0.5) is 0 Å². The van der Waals surface area contributed by atoms with Gasteiger partial charge in [0.05, 0.1) is 12.2 Å². The van der Waals surface area contributed by atoms with Crippen LogP contribution in [0.2, 0.25) is 0 Å². The molecule has 0 aromatic carbocycles. The molecule has 1 unspecified atom stereocenters. The van der Waals surface area contributed by atoms with Gasteiger partial charge in [-0.15, -0.1) is 0 Å². The topological polar surface area (TPSA) is 18.5 Å². The Morgan fingerprint density at radius 1 is 0.829 bits per heavy atom. The Morgan fingerprint density at radius 3 is 2.11 bits per heavy atom. The van der Waals surface area contributed by atoms with Gasteiger partial charge in [0.1, 0.15) is 0 Å². The summed E-state index contributed by atoms with van der Waals surface area (Å²) in [7, 11) is 3.84. The van der Waals surface area contributed by atoms with Gasteiger partial charge in [0.2, 0.25) is 0 Å². The molecule has 5 rings (SSSR count). The highest BCUT2D eigenvalue weighted by atomic mass is 16.5. The summed E-state index contributed by atoms with van der Waals surface area (Å²) in [5.41, 5.74) is 3.83. The lowest BCUT2D eigenvalue weighted by Gasteiger charge is -2.63. The van der Waals surface area contributed by atoms with Gasteiger partial charge in [-0.2, -0.15) is 0 Å². The van der Waals surface area contributed by atoms with Crippen LogP contribution in [0, 0.1) is 56.7 Å². The first-order valence-electron chi connectivity index (χ1n) is 15.1. The summed E-state index contributed by atoms with van der Waals surface area (Å²) in [5.74, 6) is 3.79. The summed E-state index contributed by atoms with van der Waals surface area (Å²) in [6.45, 7) is 22.0. The van der Waals surface area contributed by atoms with Gasteiger partial charge in [0.15, 0.2) is 0 Å². The number of hydrogen-bond donors (Lipinski definition) is 0. The van der Waals surface area contributed by atoms with Crippen LogP contribution in [0.25, 0.3) is 0 Å². The molecule has 0 saturated heterocycles. The van der Waals surface area contributed by atoms with Gasteiger partial charge in [-0.25, -0.2) is 0 Å². The average molecular weight is 485 g/mol. The highest BCUT2D eigenvalue weighted by Gasteiger charge is 2.82. The molecule has 0 aromatic heterocycles. The van der Waals surface area contributed by atoms with Crippen LogP contribution in [-0.4, -0.2) is 26.4 Å². The highest BCUT2D eigenvalue weighted by Crippen LogP contribution is 2.89. The van der Waals surface area contributed by atoms with Crippen LogP contribution >= 0.6 is 0 Å². The minimum absolute atomic E-state index is 0.204. The molecule has 5 saturated carbocycles. The maximum absolute atomic E-state index is 6.05. The smallest absolute Gasteiger partial charge is 0.0783 e. The molecule has 5 aliphatic carbocycles. The van der Waals surface area contributed by atoms with Crippen LogP contribution in [0.5, 0.6) is 0 Å². The van der Waals surface area contributed by atoms with Gasteiger partial charge in [0, 0.05) is 14.2 Å². The Kier molecular flexibility index (Phi) is 6.25. The molecule has 0 aliphatic heterocycles. The number of methoxy groups -OCH3 is 2. The second-order valence-corrected chi connectivity index (χ2v) is 15.4. The molecule has 0 bridgehead atoms. The monoisotopic (exact) mass is 484 g/mol. The van der Waals surface area contributed by atoms with Crippen LogP contribution in [-0.2, 0) is 9.47 Å². The van der Waals surface area contributed by atoms with Crippen molar-refractivity contribution in [2.45, 2.75) is 125 Å². The molecule has 0 heterocycles. The summed E-state index contributed by atoms with van der Waals surface area (Å²) in [6.07, 6.45) is 14.7. The first-order chi connectivity index (χ1) is 16.3. The number of fused-ring (bicyclic) bond motifs is 2. The lowest BCUT2D eigenvalue weighted by molar-refractivity contribution is -0.166. The van der Waals surface area contributed by atoms with E-state index in [9.17, 15) is 0 Å². The predicted molar refractivity (Wildman–Crippen MR) is 146 cm³/mol. The van der Waals surface area contributed by atoms with Crippen molar-refractivity contribution in [1.82, 2.24) is 0 Å². The Morgan fingerprint density at radius 2 is 1.49 bits per heavy atom. The molecule has 0 radical (unpaired) electrons. The Hall–Kier alpha value is -0.340. The molecular formula is C33H56O2. The summed E-state index contributed by atoms with van der Waals surface area (Å²) in [5, 5.41) is 0. The third kappa shape index (κ3) is 3.26. The normalized spacial score (nSPS) is 49.4. The predicted octanol–water partition coefficient (Wildman–Crippen LogP) is 8.69. The summed E-state index contributed by atoms with van der Waals surface area (Å²) in [6, 6.07) is 0. The van der Waals surface area contributed by atoms with Crippen LogP contribution in [0.3, 0.4) is 0 Å². The molecule has 35 heavy (non-hydrogen) atoms. The van der Waals surface area contributed by atoms with Crippen molar-refractivity contribution in [1.29, 1.82) is 0 Å². The molecule has 0 N–H and O–H groups in total. The zero-order valence-corrected chi connectivity index (χ0v) is 24.6. The number of rotatable bonds is 7. The van der Waals surface area contributed by atoms with E-state index in [2.05, 4.69) is 55.0 Å². The molecule has 2 heteroatoms. The van der Waals surface area contributed by atoms with Gasteiger partial charge >= 0.3 is 0 Å². The van der Waals surface area contributed by atoms with Crippen molar-refractivity contribution in [2.75, 3.05) is 14.2 Å². The van der Waals surface area contributed by atoms with Crippen LogP contribution < -0.4 is 0 Å². The third-order valence-corrected chi connectivity index (χ3v) is 14.1. The van der Waals surface area contributed by atoms with E-state index >= 15 is 0 Å². The van der Waals surface area contributed by atoms with E-state index in [-0.39, 0.29) is 6.10 Å². The zero-order valence-electron chi connectivity index (χ0n) is 24.6. The molecule has 200 valence electrons. The lowest BCUT2D eigenvalue weighted by Crippen LogP contribution is -2.57. The molecule has 5 aliphatic rings. The summed E-state index contributed by atoms with van der Waals surface area (Å²) >= 11 is 0. The minimum atomic E-state index is 0.204. The van der Waals surface area contributed by atoms with Gasteiger partial charge < -0.3 is 9.47 Å². The van der Waals surface area contributed by atoms with Crippen LogP contribution in [0.1, 0.15) is 113 Å². The van der Waals surface area contributed by atoms with Crippen molar-refractivity contribution in [3.8, 4) is 0 Å². The fourth-order valence-electron chi connectivity index (χ4n) is 12.0. The molecule has 0 aromatic rings. The van der Waals surface area contributed by atoms with Crippen molar-refractivity contribution in [3.05, 3.63) is 12.2 Å². The van der Waals surface area contributed by atoms with Gasteiger partial charge in [-0.05, 0) is 126 Å². The Labute approximate surface area is 217 Å². The SMILES string of the molecule is C=C(C(C)C)C(C[C@@H](C)[C@H]1CC[C@@]2(C)[C@@H]3CC[C@H]4C(C)(C)[C@@H](OC)CC[C@@]45C[C@@]35CC[C@]12C)OC. The fraction of sp³-hybridized carbons (Fsp3) is 0.939. The van der Waals surface area contributed by atoms with Gasteiger partial charge in [0.25, 0.3) is 0 Å². The second kappa shape index (κ2) is 8.33. The molecule has 5 fully saturated rings. The Balaban J connectivity index is 1.39. The van der Waals surface area contributed by atoms with E-state index in [1.54, 1.807) is 0 Å². The van der Waals surface area contributed by atoms with E-state index in [1.165, 1.54) is 63.4 Å². The van der Waals surface area contributed by atoms with Crippen molar-refractivity contribution < 1.29 is 9.47 Å². The van der Waals surface area contributed by atoms with Crippen molar-refractivity contribution >= 4 is 0 Å². The first-order valence-corrected chi connectivity index (χ1v) is 15.1. The Bertz CT molecular complexity index is 844. The van der Waals surface area contributed by atoms with E-state index in [0.29, 0.717) is 45.0 Å². The van der Waals surface area contributed by atoms with Crippen LogP contribution in [0.15, 0.2) is 12.2 Å². The average Bonchev–Trinajstić information content (AvgIpc) is 3.38. The van der Waals surface area contributed by atoms with Gasteiger partial charge in [-0.3, -0.25) is 0 Å². The first kappa shape index (κ1) is 26.3. The quantitative estimate of drug-likeness (QED) is 0.336. The maximum atomic E-state index is 6.05. The maximum Gasteiger partial charge on any atom is 0.0783 e. The van der Waals surface area contributed by atoms with E-state index in [0.717, 1.165) is 24.2 Å². The number of hydrogen-bond acceptors (Lipinski definition) is 2.